The number of nitrogens with one attached hydrogen (secondary N) is 1. The third-order valence-electron chi connectivity index (χ3n) is 2.83. The van der Waals surface area contributed by atoms with Crippen LogP contribution in [0.2, 0.25) is 0 Å². The Balaban J connectivity index is 2.36. The number of imidazole rings is 1. The summed E-state index contributed by atoms with van der Waals surface area (Å²) in [4.78, 5) is 5.81. The largest absolute Gasteiger partial charge is 0.333 e. The van der Waals surface area contributed by atoms with Gasteiger partial charge in [0.1, 0.15) is 11.9 Å². The van der Waals surface area contributed by atoms with E-state index in [0.717, 1.165) is 33.6 Å². The van der Waals surface area contributed by atoms with Gasteiger partial charge in [-0.1, -0.05) is 13.8 Å². The molecule has 2 aromatic rings. The van der Waals surface area contributed by atoms with Gasteiger partial charge in [-0.25, -0.2) is 4.98 Å². The minimum absolute atomic E-state index is 0.152. The quantitative estimate of drug-likeness (QED) is 0.760. The first-order valence-electron chi connectivity index (χ1n) is 6.36. The van der Waals surface area contributed by atoms with Gasteiger partial charge in [-0.2, -0.15) is 0 Å². The summed E-state index contributed by atoms with van der Waals surface area (Å²) < 4.78 is 4.46. The number of aryl methyl sites for hydroxylation is 1. The smallest absolute Gasteiger partial charge is 0.131 e. The average molecular weight is 407 g/mol. The molecule has 0 radical (unpaired) electrons. The van der Waals surface area contributed by atoms with Gasteiger partial charge in [0.15, 0.2) is 0 Å². The van der Waals surface area contributed by atoms with Gasteiger partial charge in [0.2, 0.25) is 0 Å². The Hall–Kier alpha value is -0.170. The highest BCUT2D eigenvalue weighted by atomic mass is 79.9. The predicted octanol–water partition coefficient (Wildman–Crippen LogP) is 4.58. The van der Waals surface area contributed by atoms with Crippen molar-refractivity contribution < 1.29 is 0 Å². The molecule has 2 heterocycles. The van der Waals surface area contributed by atoms with Crippen LogP contribution in [-0.4, -0.2) is 16.1 Å². The normalized spacial score (nSPS) is 12.8. The molecule has 3 nitrogen and oxygen atoms in total. The first-order valence-corrected chi connectivity index (χ1v) is 8.76. The molecule has 0 saturated carbocycles. The molecular weight excluding hydrogens is 390 g/mol. The monoisotopic (exact) mass is 405 g/mol. The molecule has 0 aliphatic heterocycles. The summed E-state index contributed by atoms with van der Waals surface area (Å²) >= 11 is 8.86. The van der Waals surface area contributed by atoms with Crippen LogP contribution in [0.1, 0.15) is 37.0 Å². The zero-order chi connectivity index (χ0) is 13.8. The molecule has 0 aliphatic rings. The minimum atomic E-state index is 0.152. The van der Waals surface area contributed by atoms with E-state index >= 15 is 0 Å². The van der Waals surface area contributed by atoms with E-state index in [4.69, 9.17) is 0 Å². The molecule has 1 atom stereocenters. The van der Waals surface area contributed by atoms with Gasteiger partial charge in [0.25, 0.3) is 0 Å². The number of nitrogens with zero attached hydrogens (tertiary/aromatic N) is 2. The van der Waals surface area contributed by atoms with Gasteiger partial charge < -0.3 is 9.88 Å². The number of hydrogen-bond donors (Lipinski definition) is 1. The lowest BCUT2D eigenvalue weighted by Gasteiger charge is -2.17. The van der Waals surface area contributed by atoms with Crippen molar-refractivity contribution in [3.63, 3.8) is 0 Å². The summed E-state index contributed by atoms with van der Waals surface area (Å²) in [5.41, 5.74) is 0. The third-order valence-corrected chi connectivity index (χ3v) is 6.15. The van der Waals surface area contributed by atoms with Crippen LogP contribution in [0.15, 0.2) is 26.7 Å². The van der Waals surface area contributed by atoms with E-state index in [1.807, 2.05) is 6.20 Å². The van der Waals surface area contributed by atoms with Crippen LogP contribution >= 0.6 is 43.2 Å². The lowest BCUT2D eigenvalue weighted by Crippen LogP contribution is -2.24. The standard InChI is InChI=1S/C13H17Br2N3S/c1-3-6-18-7-5-17-13(18)11(16-4-2)10-8-9(14)12(15)19-10/h5,7-8,11,16H,3-4,6H2,1-2H3. The topological polar surface area (TPSA) is 29.9 Å². The number of aromatic nitrogens is 2. The Kier molecular flexibility index (Phi) is 5.62. The van der Waals surface area contributed by atoms with Gasteiger partial charge in [-0.15, -0.1) is 11.3 Å². The second-order valence-corrected chi connectivity index (χ2v) is 7.50. The van der Waals surface area contributed by atoms with Crippen LogP contribution < -0.4 is 5.32 Å². The summed E-state index contributed by atoms with van der Waals surface area (Å²) in [7, 11) is 0. The van der Waals surface area contributed by atoms with Crippen molar-refractivity contribution in [1.82, 2.24) is 14.9 Å². The van der Waals surface area contributed by atoms with Crippen LogP contribution in [0, 0.1) is 0 Å². The van der Waals surface area contributed by atoms with Crippen LogP contribution in [0.25, 0.3) is 0 Å². The number of rotatable bonds is 6. The van der Waals surface area contributed by atoms with Crippen LogP contribution in [-0.2, 0) is 6.54 Å². The summed E-state index contributed by atoms with van der Waals surface area (Å²) in [5.74, 6) is 1.09. The molecule has 104 valence electrons. The van der Waals surface area contributed by atoms with Gasteiger partial charge in [0.05, 0.1) is 3.79 Å². The SMILES string of the molecule is CCCn1ccnc1C(NCC)c1cc(Br)c(Br)s1. The number of thiophene rings is 1. The maximum Gasteiger partial charge on any atom is 0.131 e. The fourth-order valence-corrected chi connectivity index (χ4v) is 4.20. The van der Waals surface area contributed by atoms with Crippen LogP contribution in [0.3, 0.4) is 0 Å². The zero-order valence-corrected chi connectivity index (χ0v) is 15.0. The minimum Gasteiger partial charge on any atom is -0.333 e. The molecule has 19 heavy (non-hydrogen) atoms. The zero-order valence-electron chi connectivity index (χ0n) is 11.0. The Morgan fingerprint density at radius 3 is 2.79 bits per heavy atom. The molecule has 2 aromatic heterocycles. The molecule has 6 heteroatoms. The first kappa shape index (κ1) is 15.2. The Bertz CT molecular complexity index is 516. The van der Waals surface area contributed by atoms with Gasteiger partial charge >= 0.3 is 0 Å². The van der Waals surface area contributed by atoms with Crippen molar-refractivity contribution in [3.8, 4) is 0 Å². The molecule has 0 saturated heterocycles. The highest BCUT2D eigenvalue weighted by molar-refractivity contribution is 9.13. The molecule has 2 rings (SSSR count). The molecular formula is C13H17Br2N3S. The van der Waals surface area contributed by atoms with Gasteiger partial charge in [-0.3, -0.25) is 0 Å². The van der Waals surface area contributed by atoms with Gasteiger partial charge in [0, 0.05) is 28.3 Å². The van der Waals surface area contributed by atoms with E-state index in [-0.39, 0.29) is 6.04 Å². The molecule has 1 unspecified atom stereocenters. The fourth-order valence-electron chi connectivity index (χ4n) is 2.04. The van der Waals surface area contributed by atoms with Crippen molar-refractivity contribution in [2.75, 3.05) is 6.54 Å². The summed E-state index contributed by atoms with van der Waals surface area (Å²) in [6.45, 7) is 6.23. The maximum absolute atomic E-state index is 4.55. The number of halogens is 2. The van der Waals surface area contributed by atoms with Gasteiger partial charge in [-0.05, 0) is 50.9 Å². The molecule has 0 bridgehead atoms. The van der Waals surface area contributed by atoms with E-state index in [1.165, 1.54) is 4.88 Å². The van der Waals surface area contributed by atoms with Crippen molar-refractivity contribution in [1.29, 1.82) is 0 Å². The molecule has 0 aliphatic carbocycles. The third kappa shape index (κ3) is 3.48. The van der Waals surface area contributed by atoms with Crippen molar-refractivity contribution in [3.05, 3.63) is 37.4 Å². The molecule has 0 fully saturated rings. The lowest BCUT2D eigenvalue weighted by atomic mass is 10.2. The van der Waals surface area contributed by atoms with Crippen LogP contribution in [0.5, 0.6) is 0 Å². The van der Waals surface area contributed by atoms with Crippen LogP contribution in [0.4, 0.5) is 0 Å². The molecule has 0 aromatic carbocycles. The second kappa shape index (κ2) is 7.02. The maximum atomic E-state index is 4.55. The molecule has 1 N–H and O–H groups in total. The first-order chi connectivity index (χ1) is 9.17. The second-order valence-electron chi connectivity index (χ2n) is 4.24. The van der Waals surface area contributed by atoms with E-state index in [1.54, 1.807) is 11.3 Å². The molecule has 0 spiro atoms. The van der Waals surface area contributed by atoms with E-state index in [9.17, 15) is 0 Å². The highest BCUT2D eigenvalue weighted by Crippen LogP contribution is 2.37. The fraction of sp³-hybridized carbons (Fsp3) is 0.462. The number of hydrogen-bond acceptors (Lipinski definition) is 3. The van der Waals surface area contributed by atoms with E-state index < -0.39 is 0 Å². The van der Waals surface area contributed by atoms with Crippen molar-refractivity contribution >= 4 is 43.2 Å². The summed E-state index contributed by atoms with van der Waals surface area (Å²) in [6.07, 6.45) is 5.05. The predicted molar refractivity (Wildman–Crippen MR) is 87.8 cm³/mol. The van der Waals surface area contributed by atoms with E-state index in [2.05, 4.69) is 72.8 Å². The van der Waals surface area contributed by atoms with Crippen molar-refractivity contribution in [2.45, 2.75) is 32.9 Å². The highest BCUT2D eigenvalue weighted by Gasteiger charge is 2.21. The summed E-state index contributed by atoms with van der Waals surface area (Å²) in [6, 6.07) is 2.31. The Morgan fingerprint density at radius 2 is 2.21 bits per heavy atom. The van der Waals surface area contributed by atoms with E-state index in [0.29, 0.717) is 0 Å². The molecule has 0 amide bonds. The Morgan fingerprint density at radius 1 is 1.42 bits per heavy atom. The Labute approximate surface area is 134 Å². The summed E-state index contributed by atoms with van der Waals surface area (Å²) in [5, 5.41) is 3.53. The van der Waals surface area contributed by atoms with Crippen molar-refractivity contribution in [2.24, 2.45) is 0 Å². The lowest BCUT2D eigenvalue weighted by molar-refractivity contribution is 0.549. The average Bonchev–Trinajstić information content (AvgIpc) is 2.95.